The molecule has 4 heteroatoms. The van der Waals surface area contributed by atoms with Crippen molar-refractivity contribution in [2.75, 3.05) is 0 Å². The molecule has 0 saturated heterocycles. The highest BCUT2D eigenvalue weighted by Gasteiger charge is 2.07. The van der Waals surface area contributed by atoms with Crippen molar-refractivity contribution in [3.05, 3.63) is 57.0 Å². The van der Waals surface area contributed by atoms with E-state index in [0.717, 1.165) is 39.4 Å². The summed E-state index contributed by atoms with van der Waals surface area (Å²) in [6.07, 6.45) is 1.73. The molecule has 21 heavy (non-hydrogen) atoms. The fourth-order valence-electron chi connectivity index (χ4n) is 2.14. The lowest BCUT2D eigenvalue weighted by Gasteiger charge is -2.12. The van der Waals surface area contributed by atoms with E-state index >= 15 is 0 Å². The average Bonchev–Trinajstić information content (AvgIpc) is 2.43. The molecule has 0 aromatic heterocycles. The van der Waals surface area contributed by atoms with Crippen molar-refractivity contribution in [3.8, 4) is 11.5 Å². The molecule has 0 aliphatic heterocycles. The SMILES string of the molecule is CCc1cc(Oc2ccc(CC(C)N)cc2Br)ccc1Cl. The van der Waals surface area contributed by atoms with Gasteiger partial charge in [-0.1, -0.05) is 24.6 Å². The molecular weight excluding hydrogens is 350 g/mol. The number of nitrogens with two attached hydrogens (primary N) is 1. The van der Waals surface area contributed by atoms with Gasteiger partial charge in [0.25, 0.3) is 0 Å². The van der Waals surface area contributed by atoms with Crippen LogP contribution in [0.5, 0.6) is 11.5 Å². The Morgan fingerprint density at radius 2 is 2.00 bits per heavy atom. The molecule has 0 amide bonds. The Labute approximate surface area is 139 Å². The summed E-state index contributed by atoms with van der Waals surface area (Å²) in [7, 11) is 0. The molecule has 2 aromatic rings. The lowest BCUT2D eigenvalue weighted by atomic mass is 10.1. The van der Waals surface area contributed by atoms with Crippen LogP contribution in [0, 0.1) is 0 Å². The van der Waals surface area contributed by atoms with Gasteiger partial charge in [-0.05, 0) is 77.2 Å². The molecule has 0 radical (unpaired) electrons. The third kappa shape index (κ3) is 4.47. The van der Waals surface area contributed by atoms with E-state index < -0.39 is 0 Å². The Balaban J connectivity index is 2.19. The van der Waals surface area contributed by atoms with E-state index in [4.69, 9.17) is 22.1 Å². The van der Waals surface area contributed by atoms with Crippen LogP contribution in [-0.4, -0.2) is 6.04 Å². The highest BCUT2D eigenvalue weighted by molar-refractivity contribution is 9.10. The van der Waals surface area contributed by atoms with Crippen LogP contribution >= 0.6 is 27.5 Å². The van der Waals surface area contributed by atoms with Gasteiger partial charge in [0.05, 0.1) is 4.47 Å². The number of hydrogen-bond acceptors (Lipinski definition) is 2. The van der Waals surface area contributed by atoms with Crippen molar-refractivity contribution in [2.45, 2.75) is 32.7 Å². The number of benzene rings is 2. The minimum absolute atomic E-state index is 0.145. The maximum absolute atomic E-state index is 6.12. The molecule has 0 heterocycles. The van der Waals surface area contributed by atoms with Crippen LogP contribution in [0.1, 0.15) is 25.0 Å². The summed E-state index contributed by atoms with van der Waals surface area (Å²) in [5.41, 5.74) is 8.09. The normalized spacial score (nSPS) is 12.2. The number of aryl methyl sites for hydroxylation is 1. The van der Waals surface area contributed by atoms with Crippen molar-refractivity contribution in [3.63, 3.8) is 0 Å². The molecule has 2 aromatic carbocycles. The Kier molecular flexibility index (Phi) is 5.68. The summed E-state index contributed by atoms with van der Waals surface area (Å²) >= 11 is 9.68. The molecule has 112 valence electrons. The summed E-state index contributed by atoms with van der Waals surface area (Å²) < 4.78 is 6.85. The van der Waals surface area contributed by atoms with Crippen LogP contribution in [0.15, 0.2) is 40.9 Å². The van der Waals surface area contributed by atoms with Gasteiger partial charge < -0.3 is 10.5 Å². The third-order valence-corrected chi connectivity index (χ3v) is 4.17. The smallest absolute Gasteiger partial charge is 0.141 e. The first-order chi connectivity index (χ1) is 9.99. The highest BCUT2D eigenvalue weighted by Crippen LogP contribution is 2.32. The van der Waals surface area contributed by atoms with Gasteiger partial charge in [-0.15, -0.1) is 0 Å². The van der Waals surface area contributed by atoms with Crippen LogP contribution in [0.25, 0.3) is 0 Å². The first-order valence-corrected chi connectivity index (χ1v) is 8.17. The average molecular weight is 369 g/mol. The Morgan fingerprint density at radius 1 is 1.24 bits per heavy atom. The zero-order valence-corrected chi connectivity index (χ0v) is 14.5. The molecule has 2 rings (SSSR count). The zero-order chi connectivity index (χ0) is 15.4. The molecule has 1 unspecified atom stereocenters. The van der Waals surface area contributed by atoms with Crippen LogP contribution in [0.2, 0.25) is 5.02 Å². The van der Waals surface area contributed by atoms with Crippen LogP contribution < -0.4 is 10.5 Å². The molecule has 1 atom stereocenters. The summed E-state index contributed by atoms with van der Waals surface area (Å²) in [5.74, 6) is 1.57. The predicted molar refractivity (Wildman–Crippen MR) is 92.4 cm³/mol. The zero-order valence-electron chi connectivity index (χ0n) is 12.2. The number of hydrogen-bond donors (Lipinski definition) is 1. The van der Waals surface area contributed by atoms with Gasteiger partial charge in [0.15, 0.2) is 0 Å². The highest BCUT2D eigenvalue weighted by atomic mass is 79.9. The molecule has 0 spiro atoms. The second-order valence-electron chi connectivity index (χ2n) is 5.16. The van der Waals surface area contributed by atoms with E-state index in [9.17, 15) is 0 Å². The van der Waals surface area contributed by atoms with Gasteiger partial charge in [0, 0.05) is 11.1 Å². The van der Waals surface area contributed by atoms with E-state index in [1.165, 1.54) is 5.56 Å². The fraction of sp³-hybridized carbons (Fsp3) is 0.294. The molecule has 0 bridgehead atoms. The van der Waals surface area contributed by atoms with Crippen LogP contribution in [0.4, 0.5) is 0 Å². The molecule has 2 N–H and O–H groups in total. The summed E-state index contributed by atoms with van der Waals surface area (Å²) in [6.45, 7) is 4.07. The van der Waals surface area contributed by atoms with E-state index in [1.54, 1.807) is 0 Å². The summed E-state index contributed by atoms with van der Waals surface area (Å²) in [5, 5.41) is 0.774. The molecular formula is C17H19BrClNO. The summed E-state index contributed by atoms with van der Waals surface area (Å²) in [6, 6.07) is 11.9. The largest absolute Gasteiger partial charge is 0.456 e. The van der Waals surface area contributed by atoms with Crippen LogP contribution in [-0.2, 0) is 12.8 Å². The van der Waals surface area contributed by atoms with Crippen molar-refractivity contribution in [1.29, 1.82) is 0 Å². The molecule has 0 fully saturated rings. The maximum Gasteiger partial charge on any atom is 0.141 e. The molecule has 0 saturated carbocycles. The number of ether oxygens (including phenoxy) is 1. The van der Waals surface area contributed by atoms with Crippen molar-refractivity contribution < 1.29 is 4.74 Å². The van der Waals surface area contributed by atoms with Gasteiger partial charge in [-0.2, -0.15) is 0 Å². The van der Waals surface area contributed by atoms with Crippen molar-refractivity contribution >= 4 is 27.5 Å². The monoisotopic (exact) mass is 367 g/mol. The Bertz CT molecular complexity index is 628. The Morgan fingerprint density at radius 3 is 2.62 bits per heavy atom. The number of rotatable bonds is 5. The van der Waals surface area contributed by atoms with Gasteiger partial charge >= 0.3 is 0 Å². The van der Waals surface area contributed by atoms with E-state index in [0.29, 0.717) is 0 Å². The van der Waals surface area contributed by atoms with Gasteiger partial charge in [0.1, 0.15) is 11.5 Å². The first-order valence-electron chi connectivity index (χ1n) is 7.00. The second kappa shape index (κ2) is 7.30. The van der Waals surface area contributed by atoms with Gasteiger partial charge in [0.2, 0.25) is 0 Å². The predicted octanol–water partition coefficient (Wildman–Crippen LogP) is 5.35. The maximum atomic E-state index is 6.12. The lowest BCUT2D eigenvalue weighted by Crippen LogP contribution is -2.17. The topological polar surface area (TPSA) is 35.2 Å². The van der Waals surface area contributed by atoms with E-state index in [-0.39, 0.29) is 6.04 Å². The minimum atomic E-state index is 0.145. The molecule has 0 aliphatic rings. The molecule has 0 aliphatic carbocycles. The number of halogens is 2. The summed E-state index contributed by atoms with van der Waals surface area (Å²) in [4.78, 5) is 0. The lowest BCUT2D eigenvalue weighted by molar-refractivity contribution is 0.478. The second-order valence-corrected chi connectivity index (χ2v) is 6.42. The quantitative estimate of drug-likeness (QED) is 0.772. The van der Waals surface area contributed by atoms with Crippen molar-refractivity contribution in [1.82, 2.24) is 0 Å². The Hall–Kier alpha value is -1.03. The van der Waals surface area contributed by atoms with E-state index in [1.807, 2.05) is 37.3 Å². The minimum Gasteiger partial charge on any atom is -0.456 e. The van der Waals surface area contributed by atoms with Gasteiger partial charge in [-0.25, -0.2) is 0 Å². The van der Waals surface area contributed by atoms with Crippen LogP contribution in [0.3, 0.4) is 0 Å². The van der Waals surface area contributed by atoms with Gasteiger partial charge in [-0.3, -0.25) is 0 Å². The fourth-order valence-corrected chi connectivity index (χ4v) is 2.90. The standard InChI is InChI=1S/C17H19BrClNO/c1-3-13-10-14(5-6-16(13)19)21-17-7-4-12(8-11(2)20)9-15(17)18/h4-7,9-11H,3,8,20H2,1-2H3. The first kappa shape index (κ1) is 16.3. The third-order valence-electron chi connectivity index (χ3n) is 3.18. The molecule has 2 nitrogen and oxygen atoms in total. The van der Waals surface area contributed by atoms with E-state index in [2.05, 4.69) is 28.9 Å². The van der Waals surface area contributed by atoms with Crippen molar-refractivity contribution in [2.24, 2.45) is 5.73 Å².